The summed E-state index contributed by atoms with van der Waals surface area (Å²) in [6.45, 7) is 1.24. The van der Waals surface area contributed by atoms with E-state index in [0.717, 1.165) is 11.1 Å². The molecule has 0 radical (unpaired) electrons. The molecule has 6 nitrogen and oxygen atoms in total. The fourth-order valence-corrected chi connectivity index (χ4v) is 4.81. The molecule has 0 bridgehead atoms. The normalized spacial score (nSPS) is 15.8. The van der Waals surface area contributed by atoms with Gasteiger partial charge in [-0.1, -0.05) is 6.07 Å². The van der Waals surface area contributed by atoms with Crippen LogP contribution >= 0.6 is 0 Å². The van der Waals surface area contributed by atoms with E-state index in [1.54, 1.807) is 23.1 Å². The van der Waals surface area contributed by atoms with Gasteiger partial charge in [0.05, 0.1) is 11.0 Å². The molecule has 2 aliphatic rings. The molecule has 0 aliphatic carbocycles. The van der Waals surface area contributed by atoms with Gasteiger partial charge in [0.1, 0.15) is 17.5 Å². The van der Waals surface area contributed by atoms with E-state index in [0.29, 0.717) is 54.3 Å². The Morgan fingerprint density at radius 1 is 0.912 bits per heavy atom. The third-order valence-electron chi connectivity index (χ3n) is 6.47. The van der Waals surface area contributed by atoms with Crippen molar-refractivity contribution in [3.05, 3.63) is 77.9 Å². The highest BCUT2D eigenvalue weighted by molar-refractivity contribution is 5.94. The first-order chi connectivity index (χ1) is 16.6. The lowest BCUT2D eigenvalue weighted by atomic mass is 10.0. The lowest BCUT2D eigenvalue weighted by Crippen LogP contribution is -2.39. The molecule has 0 unspecified atom stereocenters. The number of carbonyl (C=O) groups is 1. The number of imidazole rings is 1. The molecule has 2 aliphatic heterocycles. The van der Waals surface area contributed by atoms with Gasteiger partial charge in [-0.15, -0.1) is 0 Å². The van der Waals surface area contributed by atoms with E-state index in [1.165, 1.54) is 24.3 Å². The van der Waals surface area contributed by atoms with E-state index in [2.05, 4.69) is 4.57 Å². The fraction of sp³-hybridized carbons (Fsp3) is 0.231. The number of rotatable bonds is 3. The molecule has 0 saturated carbocycles. The highest BCUT2D eigenvalue weighted by Gasteiger charge is 2.28. The summed E-state index contributed by atoms with van der Waals surface area (Å²) < 4.78 is 40.7. The predicted octanol–water partition coefficient (Wildman–Crippen LogP) is 5.19. The van der Waals surface area contributed by atoms with Gasteiger partial charge in [-0.3, -0.25) is 4.79 Å². The average Bonchev–Trinajstić information content (AvgIpc) is 3.47. The van der Waals surface area contributed by atoms with Gasteiger partial charge in [-0.25, -0.2) is 13.8 Å². The molecule has 1 aromatic heterocycles. The maximum absolute atomic E-state index is 14.0. The highest BCUT2D eigenvalue weighted by atomic mass is 19.1. The minimum Gasteiger partial charge on any atom is -0.454 e. The third kappa shape index (κ3) is 3.55. The van der Waals surface area contributed by atoms with Crippen molar-refractivity contribution in [2.24, 2.45) is 0 Å². The Kier molecular flexibility index (Phi) is 4.94. The number of nitrogens with zero attached hydrogens (tertiary/aromatic N) is 3. The summed E-state index contributed by atoms with van der Waals surface area (Å²) in [7, 11) is 0. The van der Waals surface area contributed by atoms with E-state index >= 15 is 0 Å². The van der Waals surface area contributed by atoms with Gasteiger partial charge < -0.3 is 18.9 Å². The van der Waals surface area contributed by atoms with Gasteiger partial charge in [0.15, 0.2) is 11.5 Å². The van der Waals surface area contributed by atoms with Crippen molar-refractivity contribution in [1.29, 1.82) is 0 Å². The molecule has 172 valence electrons. The molecule has 0 N–H and O–H groups in total. The number of halogens is 2. The zero-order chi connectivity index (χ0) is 23.2. The molecule has 0 atom stereocenters. The Balaban J connectivity index is 1.33. The summed E-state index contributed by atoms with van der Waals surface area (Å²) in [6, 6.07) is 16.1. The summed E-state index contributed by atoms with van der Waals surface area (Å²) in [5.41, 5.74) is 2.61. The number of benzene rings is 3. The van der Waals surface area contributed by atoms with Gasteiger partial charge in [0.2, 0.25) is 6.79 Å². The van der Waals surface area contributed by atoms with Crippen molar-refractivity contribution in [1.82, 2.24) is 14.5 Å². The number of fused-ring (bicyclic) bond motifs is 2. The molecule has 1 fully saturated rings. The Labute approximate surface area is 194 Å². The van der Waals surface area contributed by atoms with Crippen LogP contribution in [0.15, 0.2) is 60.7 Å². The smallest absolute Gasteiger partial charge is 0.253 e. The van der Waals surface area contributed by atoms with Crippen LogP contribution in [0.2, 0.25) is 0 Å². The number of hydrogen-bond donors (Lipinski definition) is 0. The van der Waals surface area contributed by atoms with Gasteiger partial charge in [-0.2, -0.15) is 0 Å². The van der Waals surface area contributed by atoms with Crippen molar-refractivity contribution < 1.29 is 23.0 Å². The first-order valence-electron chi connectivity index (χ1n) is 11.2. The average molecular weight is 461 g/mol. The second kappa shape index (κ2) is 8.13. The van der Waals surface area contributed by atoms with Crippen LogP contribution in [0.1, 0.15) is 29.2 Å². The van der Waals surface area contributed by atoms with Crippen LogP contribution in [-0.2, 0) is 0 Å². The molecular weight excluding hydrogens is 440 g/mol. The summed E-state index contributed by atoms with van der Waals surface area (Å²) in [6.07, 6.45) is 1.39. The molecule has 8 heteroatoms. The van der Waals surface area contributed by atoms with E-state index in [4.69, 9.17) is 14.5 Å². The molecule has 4 aromatic rings. The van der Waals surface area contributed by atoms with Crippen molar-refractivity contribution in [2.45, 2.75) is 18.9 Å². The topological polar surface area (TPSA) is 56.6 Å². The van der Waals surface area contributed by atoms with Gasteiger partial charge in [-0.05, 0) is 61.4 Å². The number of aromatic nitrogens is 2. The quantitative estimate of drug-likeness (QED) is 0.422. The second-order valence-electron chi connectivity index (χ2n) is 8.54. The van der Waals surface area contributed by atoms with E-state index in [-0.39, 0.29) is 24.6 Å². The molecular formula is C26H21F2N3O3. The maximum Gasteiger partial charge on any atom is 0.253 e. The number of ether oxygens (including phenoxy) is 2. The van der Waals surface area contributed by atoms with Crippen LogP contribution in [0.3, 0.4) is 0 Å². The monoisotopic (exact) mass is 461 g/mol. The number of carbonyl (C=O) groups excluding carboxylic acids is 1. The molecule has 6 rings (SSSR count). The summed E-state index contributed by atoms with van der Waals surface area (Å²) in [4.78, 5) is 19.4. The SMILES string of the molecule is O=C(c1cccc(F)c1)N1CCC(n2c(-c3ccc4c(c3)OCO4)nc3cc(F)ccc32)CC1. The fourth-order valence-electron chi connectivity index (χ4n) is 4.81. The largest absolute Gasteiger partial charge is 0.454 e. The van der Waals surface area contributed by atoms with Crippen LogP contribution in [0.25, 0.3) is 22.4 Å². The Morgan fingerprint density at radius 2 is 1.71 bits per heavy atom. The van der Waals surface area contributed by atoms with Gasteiger partial charge >= 0.3 is 0 Å². The lowest BCUT2D eigenvalue weighted by molar-refractivity contribution is 0.0696. The van der Waals surface area contributed by atoms with Crippen molar-refractivity contribution in [3.8, 4) is 22.9 Å². The van der Waals surface area contributed by atoms with Crippen LogP contribution in [-0.4, -0.2) is 40.2 Å². The molecule has 3 aromatic carbocycles. The first kappa shape index (κ1) is 20.7. The molecule has 34 heavy (non-hydrogen) atoms. The van der Waals surface area contributed by atoms with E-state index in [1.807, 2.05) is 18.2 Å². The molecule has 1 saturated heterocycles. The highest BCUT2D eigenvalue weighted by Crippen LogP contribution is 2.39. The minimum absolute atomic E-state index is 0.0624. The van der Waals surface area contributed by atoms with Crippen LogP contribution < -0.4 is 9.47 Å². The number of likely N-dealkylation sites (tertiary alicyclic amines) is 1. The molecule has 0 spiro atoms. The zero-order valence-corrected chi connectivity index (χ0v) is 18.2. The Morgan fingerprint density at radius 3 is 2.53 bits per heavy atom. The number of piperidine rings is 1. The van der Waals surface area contributed by atoms with Gasteiger partial charge in [0, 0.05) is 36.3 Å². The van der Waals surface area contributed by atoms with E-state index < -0.39 is 5.82 Å². The summed E-state index contributed by atoms with van der Waals surface area (Å²) in [5, 5.41) is 0. The van der Waals surface area contributed by atoms with Crippen molar-refractivity contribution in [2.75, 3.05) is 19.9 Å². The molecule has 1 amide bonds. The third-order valence-corrected chi connectivity index (χ3v) is 6.47. The maximum atomic E-state index is 14.0. The predicted molar refractivity (Wildman–Crippen MR) is 122 cm³/mol. The Bertz CT molecular complexity index is 1410. The van der Waals surface area contributed by atoms with Crippen LogP contribution in [0.4, 0.5) is 8.78 Å². The van der Waals surface area contributed by atoms with Crippen molar-refractivity contribution in [3.63, 3.8) is 0 Å². The lowest BCUT2D eigenvalue weighted by Gasteiger charge is -2.33. The van der Waals surface area contributed by atoms with E-state index in [9.17, 15) is 13.6 Å². The van der Waals surface area contributed by atoms with Crippen LogP contribution in [0, 0.1) is 11.6 Å². The van der Waals surface area contributed by atoms with Crippen molar-refractivity contribution >= 4 is 16.9 Å². The molecule has 3 heterocycles. The van der Waals surface area contributed by atoms with Gasteiger partial charge in [0.25, 0.3) is 5.91 Å². The summed E-state index contributed by atoms with van der Waals surface area (Å²) >= 11 is 0. The summed E-state index contributed by atoms with van der Waals surface area (Å²) in [5.74, 6) is 1.11. The first-order valence-corrected chi connectivity index (χ1v) is 11.2. The second-order valence-corrected chi connectivity index (χ2v) is 8.54. The number of amides is 1. The minimum atomic E-state index is -0.425. The Hall–Kier alpha value is -3.94. The number of hydrogen-bond acceptors (Lipinski definition) is 4. The zero-order valence-electron chi connectivity index (χ0n) is 18.2. The standard InChI is InChI=1S/C26H21F2N3O3/c27-18-3-1-2-17(12-18)26(32)30-10-8-20(9-11-30)31-22-6-5-19(28)14-21(22)29-25(31)16-4-7-23-24(13-16)34-15-33-23/h1-7,12-14,20H,8-11,15H2. The van der Waals surface area contributed by atoms with Crippen LogP contribution in [0.5, 0.6) is 11.5 Å².